The van der Waals surface area contributed by atoms with Gasteiger partial charge in [-0.05, 0) is 54.2 Å². The Morgan fingerprint density at radius 3 is 2.77 bits per heavy atom. The summed E-state index contributed by atoms with van der Waals surface area (Å²) < 4.78 is 1.04. The van der Waals surface area contributed by atoms with E-state index in [2.05, 4.69) is 46.1 Å². The SMILES string of the molecule is Cc1cc(Br)cnc1NC1(C)CC1. The second-order valence-electron chi connectivity index (χ2n) is 4.00. The molecular weight excluding hydrogens is 228 g/mol. The Bertz CT molecular complexity index is 332. The number of rotatable bonds is 2. The molecule has 1 heterocycles. The lowest BCUT2D eigenvalue weighted by Crippen LogP contribution is -2.17. The maximum Gasteiger partial charge on any atom is 0.129 e. The maximum absolute atomic E-state index is 4.35. The molecule has 1 aliphatic carbocycles. The van der Waals surface area contributed by atoms with Gasteiger partial charge in [0.1, 0.15) is 5.82 Å². The third-order valence-corrected chi connectivity index (χ3v) is 2.90. The normalized spacial score (nSPS) is 18.4. The van der Waals surface area contributed by atoms with Crippen LogP contribution in [0.4, 0.5) is 5.82 Å². The zero-order valence-corrected chi connectivity index (χ0v) is 9.48. The Morgan fingerprint density at radius 1 is 1.54 bits per heavy atom. The molecule has 2 rings (SSSR count). The number of anilines is 1. The van der Waals surface area contributed by atoms with Crippen molar-refractivity contribution in [2.45, 2.75) is 32.2 Å². The number of halogens is 1. The molecule has 2 nitrogen and oxygen atoms in total. The summed E-state index contributed by atoms with van der Waals surface area (Å²) in [7, 11) is 0. The first-order valence-corrected chi connectivity index (χ1v) is 5.29. The number of aryl methyl sites for hydroxylation is 1. The van der Waals surface area contributed by atoms with Gasteiger partial charge in [0, 0.05) is 16.2 Å². The maximum atomic E-state index is 4.35. The molecule has 1 saturated carbocycles. The number of nitrogens with zero attached hydrogens (tertiary/aromatic N) is 1. The van der Waals surface area contributed by atoms with E-state index in [4.69, 9.17) is 0 Å². The predicted molar refractivity (Wildman–Crippen MR) is 57.9 cm³/mol. The minimum Gasteiger partial charge on any atom is -0.365 e. The predicted octanol–water partition coefficient (Wildman–Crippen LogP) is 3.12. The van der Waals surface area contributed by atoms with Gasteiger partial charge in [-0.25, -0.2) is 4.98 Å². The second-order valence-corrected chi connectivity index (χ2v) is 4.92. The van der Waals surface area contributed by atoms with Gasteiger partial charge in [-0.2, -0.15) is 0 Å². The van der Waals surface area contributed by atoms with Crippen molar-refractivity contribution >= 4 is 21.7 Å². The minimum atomic E-state index is 0.311. The van der Waals surface area contributed by atoms with Gasteiger partial charge in [0.25, 0.3) is 0 Å². The van der Waals surface area contributed by atoms with E-state index >= 15 is 0 Å². The van der Waals surface area contributed by atoms with Crippen molar-refractivity contribution in [3.05, 3.63) is 22.3 Å². The van der Waals surface area contributed by atoms with Crippen LogP contribution < -0.4 is 5.32 Å². The second kappa shape index (κ2) is 2.98. The lowest BCUT2D eigenvalue weighted by Gasteiger charge is -2.14. The highest BCUT2D eigenvalue weighted by molar-refractivity contribution is 9.10. The number of aromatic nitrogens is 1. The molecule has 1 aromatic rings. The van der Waals surface area contributed by atoms with Crippen LogP contribution in [0.25, 0.3) is 0 Å². The summed E-state index contributed by atoms with van der Waals surface area (Å²) >= 11 is 3.40. The molecule has 0 radical (unpaired) electrons. The fraction of sp³-hybridized carbons (Fsp3) is 0.500. The van der Waals surface area contributed by atoms with Crippen LogP contribution in [0, 0.1) is 6.92 Å². The summed E-state index contributed by atoms with van der Waals surface area (Å²) in [5.41, 5.74) is 1.51. The van der Waals surface area contributed by atoms with E-state index in [1.54, 1.807) is 0 Å². The highest BCUT2D eigenvalue weighted by Crippen LogP contribution is 2.38. The van der Waals surface area contributed by atoms with Crippen molar-refractivity contribution in [2.24, 2.45) is 0 Å². The summed E-state index contributed by atoms with van der Waals surface area (Å²) in [6.45, 7) is 4.31. The first kappa shape index (κ1) is 9.00. The van der Waals surface area contributed by atoms with E-state index in [1.807, 2.05) is 6.20 Å². The van der Waals surface area contributed by atoms with Crippen LogP contribution in [-0.4, -0.2) is 10.5 Å². The first-order valence-electron chi connectivity index (χ1n) is 4.49. The number of pyridine rings is 1. The average Bonchev–Trinajstić information content (AvgIpc) is 2.75. The van der Waals surface area contributed by atoms with Gasteiger partial charge in [-0.1, -0.05) is 0 Å². The van der Waals surface area contributed by atoms with Crippen molar-refractivity contribution in [1.82, 2.24) is 4.98 Å². The Hall–Kier alpha value is -0.570. The average molecular weight is 241 g/mol. The van der Waals surface area contributed by atoms with Crippen LogP contribution in [0.15, 0.2) is 16.7 Å². The highest BCUT2D eigenvalue weighted by Gasteiger charge is 2.37. The molecular formula is C10H13BrN2. The molecule has 0 bridgehead atoms. The zero-order chi connectivity index (χ0) is 9.47. The smallest absolute Gasteiger partial charge is 0.129 e. The molecule has 13 heavy (non-hydrogen) atoms. The molecule has 70 valence electrons. The van der Waals surface area contributed by atoms with E-state index < -0.39 is 0 Å². The van der Waals surface area contributed by atoms with Crippen LogP contribution in [0.3, 0.4) is 0 Å². The van der Waals surface area contributed by atoms with Gasteiger partial charge in [0.15, 0.2) is 0 Å². The lowest BCUT2D eigenvalue weighted by molar-refractivity contribution is 0.818. The Balaban J connectivity index is 2.20. The molecule has 0 aliphatic heterocycles. The van der Waals surface area contributed by atoms with Crippen LogP contribution in [-0.2, 0) is 0 Å². The van der Waals surface area contributed by atoms with Crippen molar-refractivity contribution in [2.75, 3.05) is 5.32 Å². The molecule has 0 amide bonds. The third-order valence-electron chi connectivity index (χ3n) is 2.47. The van der Waals surface area contributed by atoms with E-state index in [9.17, 15) is 0 Å². The van der Waals surface area contributed by atoms with Gasteiger partial charge in [-0.15, -0.1) is 0 Å². The summed E-state index contributed by atoms with van der Waals surface area (Å²) in [5.74, 6) is 1.02. The van der Waals surface area contributed by atoms with Crippen LogP contribution in [0.5, 0.6) is 0 Å². The number of hydrogen-bond acceptors (Lipinski definition) is 2. The van der Waals surface area contributed by atoms with Crippen LogP contribution in [0.1, 0.15) is 25.3 Å². The zero-order valence-electron chi connectivity index (χ0n) is 7.89. The van der Waals surface area contributed by atoms with E-state index in [-0.39, 0.29) is 0 Å². The van der Waals surface area contributed by atoms with Crippen molar-refractivity contribution in [3.8, 4) is 0 Å². The van der Waals surface area contributed by atoms with E-state index in [0.717, 1.165) is 10.3 Å². The molecule has 1 N–H and O–H groups in total. The molecule has 1 aromatic heterocycles. The van der Waals surface area contributed by atoms with Crippen LogP contribution >= 0.6 is 15.9 Å². The molecule has 0 aromatic carbocycles. The van der Waals surface area contributed by atoms with Gasteiger partial charge in [0.05, 0.1) is 0 Å². The van der Waals surface area contributed by atoms with Crippen molar-refractivity contribution in [3.63, 3.8) is 0 Å². The Labute approximate surface area is 86.9 Å². The molecule has 3 heteroatoms. The first-order chi connectivity index (χ1) is 6.09. The van der Waals surface area contributed by atoms with Crippen molar-refractivity contribution in [1.29, 1.82) is 0 Å². The molecule has 1 fully saturated rings. The minimum absolute atomic E-state index is 0.311. The summed E-state index contributed by atoms with van der Waals surface area (Å²) in [6, 6.07) is 2.08. The highest BCUT2D eigenvalue weighted by atomic mass is 79.9. The largest absolute Gasteiger partial charge is 0.365 e. The Morgan fingerprint density at radius 2 is 2.23 bits per heavy atom. The molecule has 1 aliphatic rings. The molecule has 0 saturated heterocycles. The standard InChI is InChI=1S/C10H13BrN2/c1-7-5-8(11)6-12-9(7)13-10(2)3-4-10/h5-6H,3-4H2,1-2H3,(H,12,13). The monoisotopic (exact) mass is 240 g/mol. The Kier molecular flexibility index (Phi) is 2.06. The molecule has 0 atom stereocenters. The summed E-state index contributed by atoms with van der Waals surface area (Å²) in [5, 5.41) is 3.46. The summed E-state index contributed by atoms with van der Waals surface area (Å²) in [4.78, 5) is 4.35. The van der Waals surface area contributed by atoms with Gasteiger partial charge in [0.2, 0.25) is 0 Å². The third kappa shape index (κ3) is 2.02. The van der Waals surface area contributed by atoms with E-state index in [1.165, 1.54) is 18.4 Å². The summed E-state index contributed by atoms with van der Waals surface area (Å²) in [6.07, 6.45) is 4.34. The molecule has 0 unspecified atom stereocenters. The van der Waals surface area contributed by atoms with E-state index in [0.29, 0.717) is 5.54 Å². The van der Waals surface area contributed by atoms with Gasteiger partial charge < -0.3 is 5.32 Å². The lowest BCUT2D eigenvalue weighted by atomic mass is 10.2. The number of nitrogens with one attached hydrogen (secondary N) is 1. The fourth-order valence-electron chi connectivity index (χ4n) is 1.27. The van der Waals surface area contributed by atoms with Crippen molar-refractivity contribution < 1.29 is 0 Å². The van der Waals surface area contributed by atoms with Gasteiger partial charge >= 0.3 is 0 Å². The topological polar surface area (TPSA) is 24.9 Å². The quantitative estimate of drug-likeness (QED) is 0.860. The van der Waals surface area contributed by atoms with Gasteiger partial charge in [-0.3, -0.25) is 0 Å². The number of hydrogen-bond donors (Lipinski definition) is 1. The molecule has 0 spiro atoms. The van der Waals surface area contributed by atoms with Crippen LogP contribution in [0.2, 0.25) is 0 Å². The fourth-order valence-corrected chi connectivity index (χ4v) is 1.72.